The summed E-state index contributed by atoms with van der Waals surface area (Å²) < 4.78 is 0. The first-order valence-corrected chi connectivity index (χ1v) is 7.06. The maximum absolute atomic E-state index is 12.0. The van der Waals surface area contributed by atoms with Gasteiger partial charge in [-0.05, 0) is 31.6 Å². The molecule has 1 amide bonds. The van der Waals surface area contributed by atoms with E-state index in [1.54, 1.807) is 0 Å². The molecule has 92 valence electrons. The van der Waals surface area contributed by atoms with E-state index < -0.39 is 0 Å². The first-order chi connectivity index (χ1) is 7.68. The van der Waals surface area contributed by atoms with Crippen molar-refractivity contribution in [1.82, 2.24) is 5.32 Å². The Kier molecular flexibility index (Phi) is 4.12. The highest BCUT2D eigenvalue weighted by Gasteiger charge is 2.34. The summed E-state index contributed by atoms with van der Waals surface area (Å²) in [6.45, 7) is 2.05. The van der Waals surface area contributed by atoms with Gasteiger partial charge in [0.15, 0.2) is 0 Å². The number of carbonyl (C=O) groups is 1. The van der Waals surface area contributed by atoms with Crippen LogP contribution in [0.2, 0.25) is 0 Å². The molecule has 0 saturated heterocycles. The molecule has 0 spiro atoms. The summed E-state index contributed by atoms with van der Waals surface area (Å²) in [5, 5.41) is 3.30. The molecule has 0 bridgehead atoms. The van der Waals surface area contributed by atoms with Crippen molar-refractivity contribution in [3.05, 3.63) is 0 Å². The largest absolute Gasteiger partial charge is 0.352 e. The third kappa shape index (κ3) is 3.13. The average molecular weight is 244 g/mol. The molecule has 1 N–H and O–H groups in total. The number of rotatable bonds is 3. The van der Waals surface area contributed by atoms with Crippen LogP contribution in [0, 0.1) is 11.8 Å². The minimum atomic E-state index is 0.137. The maximum atomic E-state index is 12.0. The summed E-state index contributed by atoms with van der Waals surface area (Å²) in [5.41, 5.74) is 0. The highest BCUT2D eigenvalue weighted by atomic mass is 35.5. The summed E-state index contributed by atoms with van der Waals surface area (Å²) in [7, 11) is 0. The number of nitrogens with one attached hydrogen (secondary N) is 1. The molecule has 2 nitrogen and oxygen atoms in total. The van der Waals surface area contributed by atoms with Crippen LogP contribution < -0.4 is 5.32 Å². The van der Waals surface area contributed by atoms with E-state index in [9.17, 15) is 4.79 Å². The van der Waals surface area contributed by atoms with Crippen LogP contribution in [0.15, 0.2) is 0 Å². The fourth-order valence-corrected chi connectivity index (χ4v) is 2.89. The van der Waals surface area contributed by atoms with Gasteiger partial charge in [0.1, 0.15) is 0 Å². The lowest BCUT2D eigenvalue weighted by Crippen LogP contribution is -2.43. The Bertz CT molecular complexity index is 252. The van der Waals surface area contributed by atoms with Gasteiger partial charge >= 0.3 is 0 Å². The second-order valence-electron chi connectivity index (χ2n) is 5.40. The first-order valence-electron chi connectivity index (χ1n) is 6.63. The van der Waals surface area contributed by atoms with Crippen molar-refractivity contribution in [2.45, 2.75) is 63.3 Å². The maximum Gasteiger partial charge on any atom is 0.223 e. The molecule has 2 fully saturated rings. The van der Waals surface area contributed by atoms with E-state index in [0.29, 0.717) is 5.92 Å². The molecule has 2 rings (SSSR count). The normalized spacial score (nSPS) is 32.9. The number of carbonyl (C=O) groups excluding carboxylic acids is 1. The van der Waals surface area contributed by atoms with Crippen LogP contribution in [-0.4, -0.2) is 17.3 Å². The topological polar surface area (TPSA) is 29.1 Å². The van der Waals surface area contributed by atoms with Gasteiger partial charge in [0, 0.05) is 12.0 Å². The summed E-state index contributed by atoms with van der Waals surface area (Å²) in [6.07, 6.45) is 8.22. The number of halogens is 1. The molecule has 2 aliphatic carbocycles. The van der Waals surface area contributed by atoms with Gasteiger partial charge in [-0.3, -0.25) is 4.79 Å². The van der Waals surface area contributed by atoms with Crippen molar-refractivity contribution in [2.75, 3.05) is 0 Å². The van der Waals surface area contributed by atoms with Crippen molar-refractivity contribution < 1.29 is 4.79 Å². The van der Waals surface area contributed by atoms with Gasteiger partial charge in [-0.2, -0.15) is 0 Å². The van der Waals surface area contributed by atoms with Crippen LogP contribution in [0.1, 0.15) is 51.9 Å². The minimum absolute atomic E-state index is 0.137. The fourth-order valence-electron chi connectivity index (χ4n) is 2.55. The van der Waals surface area contributed by atoms with Crippen molar-refractivity contribution in [3.8, 4) is 0 Å². The molecule has 2 saturated carbocycles. The fraction of sp³-hybridized carbons (Fsp3) is 0.923. The predicted molar refractivity (Wildman–Crippen MR) is 66.5 cm³/mol. The van der Waals surface area contributed by atoms with Gasteiger partial charge in [0.25, 0.3) is 0 Å². The van der Waals surface area contributed by atoms with E-state index in [4.69, 9.17) is 11.6 Å². The van der Waals surface area contributed by atoms with Crippen molar-refractivity contribution >= 4 is 17.5 Å². The number of hydrogen-bond donors (Lipinski definition) is 1. The SMILES string of the molecule is CC(C(=O)NC1CCCCCC1Cl)C1CC1. The smallest absolute Gasteiger partial charge is 0.223 e. The summed E-state index contributed by atoms with van der Waals surface area (Å²) in [5.74, 6) is 1.05. The third-order valence-electron chi connectivity index (χ3n) is 4.00. The lowest BCUT2D eigenvalue weighted by molar-refractivity contribution is -0.125. The minimum Gasteiger partial charge on any atom is -0.352 e. The zero-order chi connectivity index (χ0) is 11.5. The molecule has 0 aromatic heterocycles. The Morgan fingerprint density at radius 2 is 1.88 bits per heavy atom. The van der Waals surface area contributed by atoms with Gasteiger partial charge in [0.05, 0.1) is 5.38 Å². The van der Waals surface area contributed by atoms with Crippen LogP contribution in [0.25, 0.3) is 0 Å². The highest BCUT2D eigenvalue weighted by Crippen LogP contribution is 2.36. The Balaban J connectivity index is 1.83. The van der Waals surface area contributed by atoms with Crippen molar-refractivity contribution in [2.24, 2.45) is 11.8 Å². The molecule has 0 aromatic rings. The molecule has 3 atom stereocenters. The summed E-state index contributed by atoms with van der Waals surface area (Å²) in [6, 6.07) is 0.206. The van der Waals surface area contributed by atoms with Crippen LogP contribution >= 0.6 is 11.6 Å². The van der Waals surface area contributed by atoms with Crippen molar-refractivity contribution in [3.63, 3.8) is 0 Å². The highest BCUT2D eigenvalue weighted by molar-refractivity contribution is 6.21. The molecule has 2 aliphatic rings. The van der Waals surface area contributed by atoms with E-state index in [0.717, 1.165) is 12.8 Å². The van der Waals surface area contributed by atoms with E-state index in [1.165, 1.54) is 32.1 Å². The lowest BCUT2D eigenvalue weighted by atomic mass is 10.0. The Morgan fingerprint density at radius 1 is 1.19 bits per heavy atom. The molecule has 16 heavy (non-hydrogen) atoms. The summed E-state index contributed by atoms with van der Waals surface area (Å²) in [4.78, 5) is 12.0. The molecular formula is C13H22ClNO. The molecule has 0 aliphatic heterocycles. The summed E-state index contributed by atoms with van der Waals surface area (Å²) >= 11 is 6.32. The second-order valence-corrected chi connectivity index (χ2v) is 5.96. The van der Waals surface area contributed by atoms with E-state index in [1.807, 2.05) is 6.92 Å². The van der Waals surface area contributed by atoms with E-state index >= 15 is 0 Å². The van der Waals surface area contributed by atoms with E-state index in [2.05, 4.69) is 5.32 Å². The Hall–Kier alpha value is -0.240. The van der Waals surface area contributed by atoms with Gasteiger partial charge in [-0.25, -0.2) is 0 Å². The Labute approximate surface area is 103 Å². The first kappa shape index (κ1) is 12.2. The monoisotopic (exact) mass is 243 g/mol. The standard InChI is InChI=1S/C13H22ClNO/c1-9(10-7-8-10)13(16)15-12-6-4-2-3-5-11(12)14/h9-12H,2-8H2,1H3,(H,15,16). The van der Waals surface area contributed by atoms with Gasteiger partial charge in [-0.15, -0.1) is 11.6 Å². The third-order valence-corrected chi connectivity index (χ3v) is 4.52. The molecular weight excluding hydrogens is 222 g/mol. The van der Waals surface area contributed by atoms with Crippen LogP contribution in [0.3, 0.4) is 0 Å². The van der Waals surface area contributed by atoms with Crippen molar-refractivity contribution in [1.29, 1.82) is 0 Å². The molecule has 0 radical (unpaired) electrons. The quantitative estimate of drug-likeness (QED) is 0.599. The molecule has 0 heterocycles. The predicted octanol–water partition coefficient (Wildman–Crippen LogP) is 3.09. The van der Waals surface area contributed by atoms with Crippen LogP contribution in [-0.2, 0) is 4.79 Å². The molecule has 3 unspecified atom stereocenters. The number of amides is 1. The van der Waals surface area contributed by atoms with E-state index in [-0.39, 0.29) is 23.2 Å². The zero-order valence-corrected chi connectivity index (χ0v) is 10.8. The van der Waals surface area contributed by atoms with Gasteiger partial charge < -0.3 is 5.32 Å². The lowest BCUT2D eigenvalue weighted by Gasteiger charge is -2.23. The second kappa shape index (κ2) is 5.39. The number of hydrogen-bond acceptors (Lipinski definition) is 1. The van der Waals surface area contributed by atoms with Gasteiger partial charge in [-0.1, -0.05) is 26.2 Å². The number of alkyl halides is 1. The van der Waals surface area contributed by atoms with Crippen LogP contribution in [0.4, 0.5) is 0 Å². The van der Waals surface area contributed by atoms with Crippen LogP contribution in [0.5, 0.6) is 0 Å². The zero-order valence-electron chi connectivity index (χ0n) is 10.0. The molecule has 0 aromatic carbocycles. The molecule has 3 heteroatoms. The average Bonchev–Trinajstić information content (AvgIpc) is 3.07. The van der Waals surface area contributed by atoms with Gasteiger partial charge in [0.2, 0.25) is 5.91 Å². The Morgan fingerprint density at radius 3 is 2.56 bits per heavy atom.